The second-order valence-corrected chi connectivity index (χ2v) is 9.14. The number of rotatable bonds is 4. The summed E-state index contributed by atoms with van der Waals surface area (Å²) in [7, 11) is -3.50. The molecule has 1 amide bonds. The van der Waals surface area contributed by atoms with Gasteiger partial charge < -0.3 is 9.80 Å². The number of benzene rings is 1. The summed E-state index contributed by atoms with van der Waals surface area (Å²) >= 11 is 5.84. The topological polar surface area (TPSA) is 62.1 Å². The summed E-state index contributed by atoms with van der Waals surface area (Å²) in [6.07, 6.45) is 2.17. The van der Waals surface area contributed by atoms with Crippen molar-refractivity contribution < 1.29 is 18.1 Å². The van der Waals surface area contributed by atoms with Gasteiger partial charge in [0.2, 0.25) is 10.0 Å². The number of halogens is 1. The number of nitrogens with zero attached hydrogens (tertiary/aromatic N) is 2. The normalized spacial score (nSPS) is 21.4. The summed E-state index contributed by atoms with van der Waals surface area (Å²) in [6.45, 7) is 5.82. The van der Waals surface area contributed by atoms with Crippen LogP contribution in [0.4, 0.5) is 0 Å². The van der Waals surface area contributed by atoms with Crippen molar-refractivity contribution in [3.63, 3.8) is 0 Å². The number of likely N-dealkylation sites (tertiary alicyclic amines) is 1. The van der Waals surface area contributed by atoms with Crippen molar-refractivity contribution >= 4 is 27.5 Å². The average molecular weight is 387 g/mol. The lowest BCUT2D eigenvalue weighted by atomic mass is 10.2. The molecule has 1 aromatic carbocycles. The first-order valence-electron chi connectivity index (χ1n) is 8.78. The molecule has 8 heteroatoms. The lowest BCUT2D eigenvalue weighted by Gasteiger charge is -2.35. The van der Waals surface area contributed by atoms with Crippen LogP contribution in [-0.2, 0) is 14.8 Å². The quantitative estimate of drug-likeness (QED) is 0.806. The summed E-state index contributed by atoms with van der Waals surface area (Å²) in [4.78, 5) is 15.9. The molecule has 2 fully saturated rings. The first-order valence-corrected chi connectivity index (χ1v) is 10.6. The van der Waals surface area contributed by atoms with E-state index in [9.17, 15) is 13.2 Å². The standard InChI is InChI=1S/C17H24ClN3O3S/c1-14(17(22)20-8-2-3-9-20)19-10-12-21(13-11-19)25(23,24)16-6-4-15(18)5-7-16/h4-7,14H,2-3,8-13H2,1H3/p+1/t14-/m1/s1. The average Bonchev–Trinajstić information content (AvgIpc) is 3.15. The number of sulfonamides is 1. The highest BCUT2D eigenvalue weighted by Gasteiger charge is 2.36. The molecule has 1 atom stereocenters. The van der Waals surface area contributed by atoms with Crippen LogP contribution in [0.2, 0.25) is 5.02 Å². The fraction of sp³-hybridized carbons (Fsp3) is 0.588. The van der Waals surface area contributed by atoms with E-state index in [1.165, 1.54) is 21.3 Å². The monoisotopic (exact) mass is 386 g/mol. The number of hydrogen-bond donors (Lipinski definition) is 1. The Hall–Kier alpha value is -1.15. The summed E-state index contributed by atoms with van der Waals surface area (Å²) in [5.74, 6) is 0.196. The van der Waals surface area contributed by atoms with Crippen molar-refractivity contribution in [2.75, 3.05) is 39.3 Å². The minimum absolute atomic E-state index is 0.113. The van der Waals surface area contributed by atoms with Crippen LogP contribution in [0.3, 0.4) is 0 Å². The summed E-state index contributed by atoms with van der Waals surface area (Å²) in [6, 6.07) is 6.14. The zero-order chi connectivity index (χ0) is 18.0. The minimum Gasteiger partial charge on any atom is -0.338 e. The molecule has 0 aromatic heterocycles. The number of carbonyl (C=O) groups is 1. The van der Waals surface area contributed by atoms with Crippen LogP contribution in [-0.4, -0.2) is 68.8 Å². The Morgan fingerprint density at radius 3 is 2.20 bits per heavy atom. The third-order valence-electron chi connectivity index (χ3n) is 5.22. The predicted molar refractivity (Wildman–Crippen MR) is 96.2 cm³/mol. The molecule has 0 spiro atoms. The van der Waals surface area contributed by atoms with Crippen LogP contribution in [0.5, 0.6) is 0 Å². The fourth-order valence-electron chi connectivity index (χ4n) is 3.59. The van der Waals surface area contributed by atoms with E-state index in [2.05, 4.69) is 0 Å². The van der Waals surface area contributed by atoms with E-state index in [-0.39, 0.29) is 16.8 Å². The van der Waals surface area contributed by atoms with Crippen LogP contribution >= 0.6 is 11.6 Å². The van der Waals surface area contributed by atoms with E-state index in [0.717, 1.165) is 25.9 Å². The van der Waals surface area contributed by atoms with Gasteiger partial charge in [-0.25, -0.2) is 8.42 Å². The summed E-state index contributed by atoms with van der Waals surface area (Å²) in [5, 5.41) is 0.516. The van der Waals surface area contributed by atoms with Gasteiger partial charge in [-0.05, 0) is 44.0 Å². The first-order chi connectivity index (χ1) is 11.9. The van der Waals surface area contributed by atoms with E-state index < -0.39 is 10.0 Å². The maximum Gasteiger partial charge on any atom is 0.280 e. The van der Waals surface area contributed by atoms with Crippen molar-refractivity contribution in [3.05, 3.63) is 29.3 Å². The van der Waals surface area contributed by atoms with Crippen molar-refractivity contribution in [2.24, 2.45) is 0 Å². The molecule has 2 heterocycles. The molecule has 0 saturated carbocycles. The van der Waals surface area contributed by atoms with E-state index in [1.54, 1.807) is 12.1 Å². The van der Waals surface area contributed by atoms with Crippen LogP contribution < -0.4 is 4.90 Å². The molecule has 0 aliphatic carbocycles. The van der Waals surface area contributed by atoms with Gasteiger partial charge in [0.25, 0.3) is 5.91 Å². The van der Waals surface area contributed by atoms with Crippen LogP contribution in [0.1, 0.15) is 19.8 Å². The largest absolute Gasteiger partial charge is 0.338 e. The molecular formula is C17H25ClN3O3S+. The maximum absolute atomic E-state index is 12.7. The highest BCUT2D eigenvalue weighted by atomic mass is 35.5. The number of carbonyl (C=O) groups excluding carboxylic acids is 1. The number of piperazine rings is 1. The number of amides is 1. The molecule has 6 nitrogen and oxygen atoms in total. The molecule has 2 aliphatic rings. The lowest BCUT2D eigenvalue weighted by Crippen LogP contribution is -3.19. The van der Waals surface area contributed by atoms with E-state index in [0.29, 0.717) is 31.2 Å². The molecular weight excluding hydrogens is 362 g/mol. The van der Waals surface area contributed by atoms with Gasteiger partial charge >= 0.3 is 0 Å². The zero-order valence-corrected chi connectivity index (χ0v) is 16.0. The Labute approximate surface area is 154 Å². The third kappa shape index (κ3) is 4.00. The lowest BCUT2D eigenvalue weighted by molar-refractivity contribution is -0.918. The second-order valence-electron chi connectivity index (χ2n) is 6.77. The Morgan fingerprint density at radius 1 is 1.08 bits per heavy atom. The van der Waals surface area contributed by atoms with Gasteiger partial charge in [-0.1, -0.05) is 11.6 Å². The predicted octanol–water partition coefficient (Wildman–Crippen LogP) is 0.240. The van der Waals surface area contributed by atoms with E-state index in [4.69, 9.17) is 11.6 Å². The van der Waals surface area contributed by atoms with Gasteiger partial charge in [-0.2, -0.15) is 4.31 Å². The molecule has 1 N–H and O–H groups in total. The van der Waals surface area contributed by atoms with Gasteiger partial charge in [0.05, 0.1) is 31.1 Å². The molecule has 0 bridgehead atoms. The molecule has 3 rings (SSSR count). The van der Waals surface area contributed by atoms with Gasteiger partial charge in [0, 0.05) is 18.1 Å². The van der Waals surface area contributed by atoms with Crippen molar-refractivity contribution in [1.29, 1.82) is 0 Å². The summed E-state index contributed by atoms with van der Waals surface area (Å²) < 4.78 is 26.9. The number of quaternary nitrogens is 1. The van der Waals surface area contributed by atoms with Crippen molar-refractivity contribution in [2.45, 2.75) is 30.7 Å². The zero-order valence-electron chi connectivity index (χ0n) is 14.4. The third-order valence-corrected chi connectivity index (χ3v) is 7.38. The smallest absolute Gasteiger partial charge is 0.280 e. The maximum atomic E-state index is 12.7. The Bertz CT molecular complexity index is 709. The Balaban J connectivity index is 1.61. The Morgan fingerprint density at radius 2 is 1.64 bits per heavy atom. The molecule has 1 aromatic rings. The fourth-order valence-corrected chi connectivity index (χ4v) is 5.16. The number of nitrogens with one attached hydrogen (secondary N) is 1. The second kappa shape index (κ2) is 7.61. The first kappa shape index (κ1) is 18.6. The van der Waals surface area contributed by atoms with E-state index in [1.807, 2.05) is 11.8 Å². The SMILES string of the molecule is C[C@H](C(=O)N1CCCC1)[NH+]1CCN(S(=O)(=O)c2ccc(Cl)cc2)CC1. The molecule has 0 radical (unpaired) electrons. The van der Waals surface area contributed by atoms with Crippen LogP contribution in [0.15, 0.2) is 29.2 Å². The highest BCUT2D eigenvalue weighted by Crippen LogP contribution is 2.18. The van der Waals surface area contributed by atoms with Gasteiger partial charge in [-0.3, -0.25) is 4.79 Å². The van der Waals surface area contributed by atoms with Crippen LogP contribution in [0.25, 0.3) is 0 Å². The molecule has 2 saturated heterocycles. The minimum atomic E-state index is -3.50. The molecule has 138 valence electrons. The van der Waals surface area contributed by atoms with Gasteiger partial charge in [0.1, 0.15) is 0 Å². The van der Waals surface area contributed by atoms with Crippen molar-refractivity contribution in [3.8, 4) is 0 Å². The van der Waals surface area contributed by atoms with Gasteiger partial charge in [-0.15, -0.1) is 0 Å². The van der Waals surface area contributed by atoms with Crippen LogP contribution in [0, 0.1) is 0 Å². The molecule has 2 aliphatic heterocycles. The molecule has 25 heavy (non-hydrogen) atoms. The summed E-state index contributed by atoms with van der Waals surface area (Å²) in [5.41, 5.74) is 0. The van der Waals surface area contributed by atoms with Crippen molar-refractivity contribution in [1.82, 2.24) is 9.21 Å². The molecule has 0 unspecified atom stereocenters. The van der Waals surface area contributed by atoms with E-state index >= 15 is 0 Å². The van der Waals surface area contributed by atoms with Gasteiger partial charge in [0.15, 0.2) is 6.04 Å². The number of hydrogen-bond acceptors (Lipinski definition) is 3. The highest BCUT2D eigenvalue weighted by molar-refractivity contribution is 7.89. The Kier molecular flexibility index (Phi) is 5.68.